The van der Waals surface area contributed by atoms with Crippen molar-refractivity contribution in [2.45, 2.75) is 138 Å². The highest BCUT2D eigenvalue weighted by molar-refractivity contribution is 6.02. The van der Waals surface area contributed by atoms with Gasteiger partial charge in [0.15, 0.2) is 0 Å². The summed E-state index contributed by atoms with van der Waals surface area (Å²) >= 11 is 0. The van der Waals surface area contributed by atoms with Gasteiger partial charge in [0.25, 0.3) is 0 Å². The minimum absolute atomic E-state index is 0. The fourth-order valence-corrected chi connectivity index (χ4v) is 11.8. The van der Waals surface area contributed by atoms with Gasteiger partial charge in [-0.25, -0.2) is 15.0 Å². The number of aldehydes is 1. The predicted octanol–water partition coefficient (Wildman–Crippen LogP) is 14.9. The van der Waals surface area contributed by atoms with Gasteiger partial charge in [-0.15, -0.1) is 0 Å². The van der Waals surface area contributed by atoms with Crippen molar-refractivity contribution < 1.29 is 58.5 Å². The number of aryl methyl sites for hydroxylation is 3. The lowest BCUT2D eigenvalue weighted by molar-refractivity contribution is -0.138. The van der Waals surface area contributed by atoms with E-state index in [1.807, 2.05) is 58.8 Å². The first-order valence-electron chi connectivity index (χ1n) is 28.5. The molecule has 0 amide bonds. The Morgan fingerprint density at radius 1 is 0.523 bits per heavy atom. The van der Waals surface area contributed by atoms with Crippen LogP contribution in [0.5, 0.6) is 17.2 Å². The number of nitrogens with zero attached hydrogens (tertiary/aromatic N) is 11. The van der Waals surface area contributed by atoms with E-state index in [-0.39, 0.29) is 43.3 Å². The number of aromatic nitrogens is 9. The number of rotatable bonds is 13. The van der Waals surface area contributed by atoms with Crippen molar-refractivity contribution in [2.24, 2.45) is 0 Å². The molecule has 0 unspecified atom stereocenters. The molecule has 0 radical (unpaired) electrons. The van der Waals surface area contributed by atoms with Gasteiger partial charge in [-0.2, -0.15) is 54.8 Å². The average molecular weight is 1230 g/mol. The number of anilines is 3. The lowest BCUT2D eigenvalue weighted by atomic mass is 10.0. The molecule has 3 aliphatic rings. The second-order valence-corrected chi connectivity index (χ2v) is 21.7. The second-order valence-electron chi connectivity index (χ2n) is 21.7. The summed E-state index contributed by atoms with van der Waals surface area (Å²) in [4.78, 5) is 29.7. The summed E-state index contributed by atoms with van der Waals surface area (Å²) < 4.78 is 140. The van der Waals surface area contributed by atoms with Crippen LogP contribution in [0.15, 0.2) is 72.8 Å². The van der Waals surface area contributed by atoms with E-state index < -0.39 is 35.2 Å². The van der Waals surface area contributed by atoms with Gasteiger partial charge in [0.2, 0.25) is 0 Å². The molecule has 88 heavy (non-hydrogen) atoms. The molecule has 0 bridgehead atoms. The Balaban J connectivity index is 0.000000156. The van der Waals surface area contributed by atoms with Crippen LogP contribution in [0.2, 0.25) is 0 Å². The number of halogens is 9. The third-order valence-corrected chi connectivity index (χ3v) is 16.0. The zero-order valence-corrected chi connectivity index (χ0v) is 49.6. The van der Waals surface area contributed by atoms with E-state index >= 15 is 0 Å². The number of nitrogens with one attached hydrogen (secondary N) is 1. The van der Waals surface area contributed by atoms with E-state index in [0.29, 0.717) is 76.0 Å². The van der Waals surface area contributed by atoms with Crippen molar-refractivity contribution in [2.75, 3.05) is 49.5 Å². The Morgan fingerprint density at radius 3 is 1.26 bits per heavy atom. The first-order chi connectivity index (χ1) is 41.4. The number of alkyl halides is 9. The molecule has 468 valence electrons. The Morgan fingerprint density at radius 2 is 0.898 bits per heavy atom. The number of hydrogen-bond donors (Lipinski definition) is 1. The lowest BCUT2D eigenvalue weighted by Crippen LogP contribution is -2.42. The summed E-state index contributed by atoms with van der Waals surface area (Å²) in [5.41, 5.74) is 10.5. The third kappa shape index (κ3) is 11.9. The van der Waals surface area contributed by atoms with Gasteiger partial charge in [0, 0.05) is 58.4 Å². The normalized spacial score (nSPS) is 16.1. The molecule has 9 aromatic rings. The Kier molecular flexibility index (Phi) is 18.0. The highest BCUT2D eigenvalue weighted by Gasteiger charge is 2.37. The number of benzene rings is 3. The molecule has 3 atom stereocenters. The van der Waals surface area contributed by atoms with Crippen LogP contribution in [-0.2, 0) is 43.0 Å². The molecule has 1 N–H and O–H groups in total. The quantitative estimate of drug-likeness (QED) is 0.0860. The van der Waals surface area contributed by atoms with Gasteiger partial charge in [-0.3, -0.25) is 14.0 Å². The Hall–Kier alpha value is -8.64. The maximum atomic E-state index is 13.2. The molecular weight excluding hydrogens is 1160 g/mol. The first-order valence-corrected chi connectivity index (χ1v) is 28.5. The molecule has 0 spiro atoms. The molecule has 25 heteroatoms. The number of ether oxygens (including phenoxy) is 3. The maximum absolute atomic E-state index is 13.2. The largest absolute Gasteiger partial charge is 0.496 e. The molecule has 0 saturated carbocycles. The average Bonchev–Trinajstić information content (AvgIpc) is 1.60. The van der Waals surface area contributed by atoms with Gasteiger partial charge >= 0.3 is 18.5 Å². The van der Waals surface area contributed by atoms with Crippen molar-refractivity contribution in [1.82, 2.24) is 44.3 Å². The number of hydrogen-bond acceptors (Lipinski definition) is 13. The van der Waals surface area contributed by atoms with E-state index in [1.54, 1.807) is 0 Å². The topological polar surface area (TPSA) is 155 Å². The van der Waals surface area contributed by atoms with E-state index in [4.69, 9.17) is 29.4 Å². The van der Waals surface area contributed by atoms with Crippen LogP contribution in [0.4, 0.5) is 56.6 Å². The van der Waals surface area contributed by atoms with Crippen LogP contribution in [0.25, 0.3) is 66.9 Å². The van der Waals surface area contributed by atoms with Crippen molar-refractivity contribution in [3.05, 3.63) is 107 Å². The number of pyridine rings is 3. The fourth-order valence-electron chi connectivity index (χ4n) is 11.8. The molecule has 12 rings (SSSR count). The summed E-state index contributed by atoms with van der Waals surface area (Å²) in [5.74, 6) is 0.343. The van der Waals surface area contributed by atoms with Crippen LogP contribution >= 0.6 is 0 Å². The summed E-state index contributed by atoms with van der Waals surface area (Å²) in [6, 6.07) is 16.9. The van der Waals surface area contributed by atoms with Crippen LogP contribution in [0, 0.1) is 20.8 Å². The summed E-state index contributed by atoms with van der Waals surface area (Å²) in [6.07, 6.45) is -8.73. The smallest absolute Gasteiger partial charge is 0.416 e. The Bertz CT molecular complexity index is 4060. The number of carbonyl (C=O) groups is 1. The minimum atomic E-state index is -4.47. The van der Waals surface area contributed by atoms with Gasteiger partial charge in [-0.05, 0) is 119 Å². The van der Waals surface area contributed by atoms with Crippen LogP contribution < -0.4 is 29.3 Å². The predicted molar refractivity (Wildman–Crippen MR) is 321 cm³/mol. The lowest BCUT2D eigenvalue weighted by Gasteiger charge is -2.37. The molecular formula is C63H69F9N12O4. The zero-order chi connectivity index (χ0) is 62.6. The molecule has 0 fully saturated rings. The third-order valence-electron chi connectivity index (χ3n) is 16.0. The van der Waals surface area contributed by atoms with E-state index in [0.717, 1.165) is 126 Å². The molecule has 16 nitrogen and oxygen atoms in total. The molecule has 6 aromatic heterocycles. The van der Waals surface area contributed by atoms with Crippen LogP contribution in [0.1, 0.15) is 94.6 Å². The van der Waals surface area contributed by atoms with E-state index in [2.05, 4.69) is 52.1 Å². The van der Waals surface area contributed by atoms with Crippen molar-refractivity contribution in [3.8, 4) is 51.0 Å². The molecule has 3 aromatic carbocycles. The second kappa shape index (κ2) is 24.9. The van der Waals surface area contributed by atoms with Crippen LogP contribution in [0.3, 0.4) is 0 Å². The van der Waals surface area contributed by atoms with Crippen molar-refractivity contribution in [3.63, 3.8) is 0 Å². The monoisotopic (exact) mass is 1230 g/mol. The van der Waals surface area contributed by atoms with Crippen molar-refractivity contribution in [1.29, 1.82) is 0 Å². The standard InChI is InChI=1S/C22H25F3N4O.C21H21F3N4O2.C19H19F3N4O.CH4/c1-5-9-28-15(6-2)12-29-21-17(28)10-13(3)26-20(21)19(27-29)16-8-7-14(22(23,24)25)11-18(16)30-4;1-4-14-11-28-20-16(27(14)7-8-29)9-12(2)25-19(20)18(26-28)15-6-5-13(21(22,23)24)10-17(15)30-3;1-4-12-9-26-18-14(24-12)7-10(2)23-17(18)16(25-26)13-6-5-11(19(20,21)22)8-15(13)27-3;/h7-8,10-11,15H,5-6,9,12H2,1-4H3;5-6,8-10,14H,4,7,11H2,1-3H3;5-8,12,24H,4,9H2,1-3H3;1H4/t15-;14-;12-;/m000./s1. The summed E-state index contributed by atoms with van der Waals surface area (Å²) in [7, 11) is 4.06. The number of methoxy groups -OCH3 is 3. The fraction of sp³-hybridized carbons (Fsp3) is 0.413. The minimum Gasteiger partial charge on any atom is -0.496 e. The van der Waals surface area contributed by atoms with Gasteiger partial charge < -0.3 is 34.1 Å². The zero-order valence-electron chi connectivity index (χ0n) is 49.6. The summed E-state index contributed by atoms with van der Waals surface area (Å²) in [6.45, 7) is 17.2. The Labute approximate surface area is 502 Å². The molecule has 9 heterocycles. The highest BCUT2D eigenvalue weighted by Crippen LogP contribution is 2.46. The highest BCUT2D eigenvalue weighted by atomic mass is 19.4. The van der Waals surface area contributed by atoms with E-state index in [9.17, 15) is 44.3 Å². The van der Waals surface area contributed by atoms with Gasteiger partial charge in [0.05, 0.1) is 81.3 Å². The maximum Gasteiger partial charge on any atom is 0.416 e. The van der Waals surface area contributed by atoms with Crippen LogP contribution in [-0.4, -0.2) is 103 Å². The van der Waals surface area contributed by atoms with E-state index in [1.165, 1.54) is 39.5 Å². The van der Waals surface area contributed by atoms with Gasteiger partial charge in [-0.1, -0.05) is 35.1 Å². The summed E-state index contributed by atoms with van der Waals surface area (Å²) in [5, 5.41) is 17.7. The molecule has 3 aliphatic heterocycles. The molecule has 0 aliphatic carbocycles. The SMILES string of the molecule is C.CCCN1c2cc(C)nc3c(-c4ccc(C(F)(F)F)cc4OC)nn(c23)C[C@@H]1CC.CC[C@H]1Cn2nc(-c3ccc(C(F)(F)F)cc3OC)c3nc(C)cc(c32)N1.CC[C@H]1Cn2nc(-c3ccc(C(F)(F)F)cc3OC)c3nc(C)cc(c32)N1CC=O. The van der Waals surface area contributed by atoms with Gasteiger partial charge in [0.1, 0.15) is 73.7 Å². The van der Waals surface area contributed by atoms with Crippen molar-refractivity contribution >= 4 is 56.4 Å². The molecule has 0 saturated heterocycles. The number of carbonyl (C=O) groups excluding carboxylic acids is 1. The first kappa shape index (κ1) is 63.9.